The molecule has 0 saturated carbocycles. The molecule has 2 heterocycles. The Labute approximate surface area is 138 Å². The Bertz CT molecular complexity index is 705. The molecule has 0 spiro atoms. The second-order valence-corrected chi connectivity index (χ2v) is 5.43. The molecule has 1 N–H and O–H groups in total. The summed E-state index contributed by atoms with van der Waals surface area (Å²) in [5.74, 6) is -0.290. The van der Waals surface area contributed by atoms with E-state index in [1.54, 1.807) is 23.5 Å². The van der Waals surface area contributed by atoms with Crippen molar-refractivity contribution in [3.8, 4) is 0 Å². The van der Waals surface area contributed by atoms with Gasteiger partial charge in [-0.1, -0.05) is 0 Å². The molecule has 0 aliphatic carbocycles. The van der Waals surface area contributed by atoms with Gasteiger partial charge in [-0.15, -0.1) is 0 Å². The zero-order valence-corrected chi connectivity index (χ0v) is 13.0. The fourth-order valence-corrected chi connectivity index (χ4v) is 2.55. The summed E-state index contributed by atoms with van der Waals surface area (Å²) in [6.07, 6.45) is 4.92. The number of carbonyl (C=O) groups is 1. The lowest BCUT2D eigenvalue weighted by Gasteiger charge is -2.35. The van der Waals surface area contributed by atoms with Crippen molar-refractivity contribution in [2.24, 2.45) is 0 Å². The molecule has 1 aromatic heterocycles. The molecule has 0 unspecified atom stereocenters. The van der Waals surface area contributed by atoms with Crippen molar-refractivity contribution in [1.29, 1.82) is 0 Å². The van der Waals surface area contributed by atoms with Crippen LogP contribution in [0.4, 0.5) is 19.4 Å². The van der Waals surface area contributed by atoms with Gasteiger partial charge in [0.15, 0.2) is 0 Å². The molecule has 1 fully saturated rings. The molecule has 3 rings (SSSR count). The lowest BCUT2D eigenvalue weighted by atomic mass is 10.2. The molecule has 1 aliphatic rings. The van der Waals surface area contributed by atoms with Crippen LogP contribution in [0.3, 0.4) is 0 Å². The van der Waals surface area contributed by atoms with Gasteiger partial charge in [0.2, 0.25) is 0 Å². The van der Waals surface area contributed by atoms with Gasteiger partial charge in [-0.2, -0.15) is 0 Å². The molecule has 1 aromatic carbocycles. The van der Waals surface area contributed by atoms with E-state index in [0.29, 0.717) is 26.2 Å². The van der Waals surface area contributed by atoms with Crippen LogP contribution >= 0.6 is 0 Å². The van der Waals surface area contributed by atoms with Crippen LogP contribution in [0, 0.1) is 11.6 Å². The van der Waals surface area contributed by atoms with Crippen LogP contribution in [0.25, 0.3) is 0 Å². The van der Waals surface area contributed by atoms with Gasteiger partial charge >= 0.3 is 6.03 Å². The summed E-state index contributed by atoms with van der Waals surface area (Å²) >= 11 is 0. The van der Waals surface area contributed by atoms with Crippen molar-refractivity contribution in [3.05, 3.63) is 54.0 Å². The van der Waals surface area contributed by atoms with Gasteiger partial charge in [0.25, 0.3) is 0 Å². The van der Waals surface area contributed by atoms with Crippen molar-refractivity contribution in [3.63, 3.8) is 0 Å². The summed E-state index contributed by atoms with van der Waals surface area (Å²) in [6, 6.07) is 2.89. The van der Waals surface area contributed by atoms with Gasteiger partial charge in [0.1, 0.15) is 17.5 Å². The number of nitrogens with zero attached hydrogens (tertiary/aromatic N) is 4. The predicted octanol–water partition coefficient (Wildman–Crippen LogP) is 1.79. The number of nitrogens with one attached hydrogen (secondary N) is 1. The Morgan fingerprint density at radius 2 is 1.96 bits per heavy atom. The Kier molecular flexibility index (Phi) is 4.83. The van der Waals surface area contributed by atoms with Gasteiger partial charge in [0, 0.05) is 50.7 Å². The maximum Gasteiger partial charge on any atom is 0.317 e. The van der Waals surface area contributed by atoms with Crippen molar-refractivity contribution in [1.82, 2.24) is 20.2 Å². The summed E-state index contributed by atoms with van der Waals surface area (Å²) in [6.45, 7) is 2.27. The van der Waals surface area contributed by atoms with Gasteiger partial charge in [-0.05, 0) is 18.2 Å². The quantitative estimate of drug-likeness (QED) is 0.930. The number of carbonyl (C=O) groups excluding carboxylic acids is 1. The van der Waals surface area contributed by atoms with E-state index in [2.05, 4.69) is 15.3 Å². The largest absolute Gasteiger partial charge is 0.352 e. The third kappa shape index (κ3) is 3.76. The third-order valence-electron chi connectivity index (χ3n) is 3.88. The second kappa shape index (κ2) is 7.20. The maximum atomic E-state index is 13.6. The Morgan fingerprint density at radius 3 is 2.67 bits per heavy atom. The highest BCUT2D eigenvalue weighted by Gasteiger charge is 2.22. The van der Waals surface area contributed by atoms with Crippen LogP contribution in [0.1, 0.15) is 5.56 Å². The first-order chi connectivity index (χ1) is 11.6. The lowest BCUT2D eigenvalue weighted by molar-refractivity contribution is 0.193. The number of aromatic nitrogens is 2. The van der Waals surface area contributed by atoms with E-state index in [1.807, 2.05) is 4.90 Å². The highest BCUT2D eigenvalue weighted by molar-refractivity contribution is 5.74. The van der Waals surface area contributed by atoms with E-state index >= 15 is 0 Å². The summed E-state index contributed by atoms with van der Waals surface area (Å²) in [5, 5.41) is 2.63. The number of rotatable bonds is 3. The van der Waals surface area contributed by atoms with Gasteiger partial charge in [-0.25, -0.2) is 18.6 Å². The van der Waals surface area contributed by atoms with Crippen LogP contribution in [0.2, 0.25) is 0 Å². The Morgan fingerprint density at radius 1 is 1.17 bits per heavy atom. The molecule has 0 bridgehead atoms. The number of amides is 2. The van der Waals surface area contributed by atoms with E-state index < -0.39 is 11.6 Å². The Balaban J connectivity index is 1.51. The summed E-state index contributed by atoms with van der Waals surface area (Å²) in [5.41, 5.74) is 0.126. The van der Waals surface area contributed by atoms with E-state index in [0.717, 1.165) is 24.0 Å². The molecule has 8 heteroatoms. The molecule has 2 amide bonds. The number of hydrogen-bond donors (Lipinski definition) is 1. The zero-order chi connectivity index (χ0) is 16.9. The minimum atomic E-state index is -0.538. The van der Waals surface area contributed by atoms with Crippen LogP contribution < -0.4 is 10.2 Å². The van der Waals surface area contributed by atoms with E-state index in [1.165, 1.54) is 0 Å². The molecule has 6 nitrogen and oxygen atoms in total. The monoisotopic (exact) mass is 333 g/mol. The van der Waals surface area contributed by atoms with E-state index in [-0.39, 0.29) is 18.1 Å². The van der Waals surface area contributed by atoms with Crippen molar-refractivity contribution < 1.29 is 13.6 Å². The second-order valence-electron chi connectivity index (χ2n) is 5.43. The van der Waals surface area contributed by atoms with Gasteiger partial charge in [0.05, 0.1) is 6.20 Å². The molecule has 24 heavy (non-hydrogen) atoms. The van der Waals surface area contributed by atoms with Crippen LogP contribution in [0.15, 0.2) is 36.8 Å². The number of benzene rings is 1. The van der Waals surface area contributed by atoms with Crippen molar-refractivity contribution in [2.75, 3.05) is 31.1 Å². The highest BCUT2D eigenvalue weighted by Crippen LogP contribution is 2.12. The molecule has 126 valence electrons. The third-order valence-corrected chi connectivity index (χ3v) is 3.88. The number of piperazine rings is 1. The number of urea groups is 1. The smallest absolute Gasteiger partial charge is 0.317 e. The number of halogens is 2. The topological polar surface area (TPSA) is 61.4 Å². The first-order valence-electron chi connectivity index (χ1n) is 7.61. The maximum absolute atomic E-state index is 13.6. The van der Waals surface area contributed by atoms with Crippen LogP contribution in [0.5, 0.6) is 0 Å². The van der Waals surface area contributed by atoms with Crippen molar-refractivity contribution >= 4 is 11.8 Å². The van der Waals surface area contributed by atoms with Gasteiger partial charge in [-0.3, -0.25) is 4.98 Å². The Hall–Kier alpha value is -2.77. The average Bonchev–Trinajstić information content (AvgIpc) is 2.63. The summed E-state index contributed by atoms with van der Waals surface area (Å²) in [7, 11) is 0. The average molecular weight is 333 g/mol. The molecule has 1 saturated heterocycles. The van der Waals surface area contributed by atoms with Crippen LogP contribution in [-0.2, 0) is 6.54 Å². The molecule has 2 aromatic rings. The lowest BCUT2D eigenvalue weighted by Crippen LogP contribution is -2.52. The normalized spacial score (nSPS) is 14.6. The predicted molar refractivity (Wildman–Crippen MR) is 84.4 cm³/mol. The molecule has 0 radical (unpaired) electrons. The molecule has 0 atom stereocenters. The van der Waals surface area contributed by atoms with E-state index in [9.17, 15) is 13.6 Å². The van der Waals surface area contributed by atoms with Crippen molar-refractivity contribution in [2.45, 2.75) is 6.54 Å². The molecular formula is C16H17F2N5O. The number of anilines is 1. The standard InChI is InChI=1S/C16H17F2N5O/c17-13-1-2-14(18)12(9-13)10-21-16(24)23-7-5-22(6-8-23)15-11-19-3-4-20-15/h1-4,9,11H,5-8,10H2,(H,21,24). The molecular weight excluding hydrogens is 316 g/mol. The van der Waals surface area contributed by atoms with Gasteiger partial charge < -0.3 is 15.1 Å². The first kappa shape index (κ1) is 16.1. The minimum absolute atomic E-state index is 0.0488. The van der Waals surface area contributed by atoms with E-state index in [4.69, 9.17) is 0 Å². The first-order valence-corrected chi connectivity index (χ1v) is 7.61. The number of hydrogen-bond acceptors (Lipinski definition) is 4. The molecule has 1 aliphatic heterocycles. The summed E-state index contributed by atoms with van der Waals surface area (Å²) < 4.78 is 26.7. The summed E-state index contributed by atoms with van der Waals surface area (Å²) in [4.78, 5) is 24.1. The zero-order valence-electron chi connectivity index (χ0n) is 13.0. The SMILES string of the molecule is O=C(NCc1cc(F)ccc1F)N1CCN(c2cnccn2)CC1. The fourth-order valence-electron chi connectivity index (χ4n) is 2.55. The fraction of sp³-hybridized carbons (Fsp3) is 0.312. The highest BCUT2D eigenvalue weighted by atomic mass is 19.1. The van der Waals surface area contributed by atoms with Crippen LogP contribution in [-0.4, -0.2) is 47.1 Å². The minimum Gasteiger partial charge on any atom is -0.352 e.